The molecule has 0 spiro atoms. The number of hydrogen-bond donors (Lipinski definition) is 0. The number of carbonyl (C=O) groups excluding carboxylic acids is 1. The van der Waals surface area contributed by atoms with E-state index in [0.717, 1.165) is 25.7 Å². The highest BCUT2D eigenvalue weighted by atomic mass is 16.6. The number of esters is 1. The second kappa shape index (κ2) is 3.97. The molecule has 1 saturated heterocycles. The quantitative estimate of drug-likeness (QED) is 0.406. The summed E-state index contributed by atoms with van der Waals surface area (Å²) in [4.78, 5) is 11.7. The fourth-order valence-electron chi connectivity index (χ4n) is 2.44. The van der Waals surface area contributed by atoms with E-state index in [1.807, 2.05) is 0 Å². The molecular formula is C12H18O3. The Balaban J connectivity index is 1.90. The van der Waals surface area contributed by atoms with Crippen LogP contribution in [0.5, 0.6) is 0 Å². The number of fused-ring (bicyclic) bond motifs is 1. The third-order valence-corrected chi connectivity index (χ3v) is 3.38. The van der Waals surface area contributed by atoms with Gasteiger partial charge in [-0.15, -0.1) is 0 Å². The first-order chi connectivity index (χ1) is 7.15. The van der Waals surface area contributed by atoms with Crippen molar-refractivity contribution in [3.63, 3.8) is 0 Å². The van der Waals surface area contributed by atoms with Crippen LogP contribution < -0.4 is 0 Å². The van der Waals surface area contributed by atoms with Gasteiger partial charge in [-0.1, -0.05) is 12.7 Å². The number of hydrogen-bond acceptors (Lipinski definition) is 3. The van der Waals surface area contributed by atoms with Gasteiger partial charge in [0, 0.05) is 0 Å². The predicted octanol–water partition coefficient (Wildman–Crippen LogP) is 2.06. The minimum Gasteiger partial charge on any atom is -0.461 e. The van der Waals surface area contributed by atoms with Gasteiger partial charge in [0.15, 0.2) is 0 Å². The van der Waals surface area contributed by atoms with Gasteiger partial charge >= 0.3 is 5.97 Å². The van der Waals surface area contributed by atoms with Crippen LogP contribution in [0.4, 0.5) is 0 Å². The van der Waals surface area contributed by atoms with Crippen LogP contribution in [-0.4, -0.2) is 24.3 Å². The van der Waals surface area contributed by atoms with Crippen LogP contribution >= 0.6 is 0 Å². The second-order valence-electron chi connectivity index (χ2n) is 4.67. The molecule has 0 N–H and O–H groups in total. The summed E-state index contributed by atoms with van der Waals surface area (Å²) >= 11 is 0. The highest BCUT2D eigenvalue weighted by Gasteiger charge is 2.54. The lowest BCUT2D eigenvalue weighted by atomic mass is 9.94. The van der Waals surface area contributed by atoms with Crippen LogP contribution in [0.1, 0.15) is 32.6 Å². The Hall–Kier alpha value is -0.830. The highest BCUT2D eigenvalue weighted by molar-refractivity contribution is 5.72. The molecule has 3 atom stereocenters. The standard InChI is InChI=1S/C12H18O3/c1-3-7-14-11(13)9-5-4-6-10-12(2,8-9)15-10/h3,9-10H,1,4-8H2,2H3. The van der Waals surface area contributed by atoms with Gasteiger partial charge in [-0.2, -0.15) is 0 Å². The summed E-state index contributed by atoms with van der Waals surface area (Å²) in [6.45, 7) is 5.94. The Morgan fingerprint density at radius 1 is 1.67 bits per heavy atom. The van der Waals surface area contributed by atoms with Crippen LogP contribution in [0.3, 0.4) is 0 Å². The van der Waals surface area contributed by atoms with E-state index in [2.05, 4.69) is 13.5 Å². The maximum absolute atomic E-state index is 11.7. The summed E-state index contributed by atoms with van der Waals surface area (Å²) in [5.41, 5.74) is -0.0473. The molecule has 1 aliphatic heterocycles. The second-order valence-corrected chi connectivity index (χ2v) is 4.67. The Labute approximate surface area is 90.4 Å². The lowest BCUT2D eigenvalue weighted by Crippen LogP contribution is -2.23. The molecule has 2 fully saturated rings. The van der Waals surface area contributed by atoms with E-state index in [1.165, 1.54) is 0 Å². The van der Waals surface area contributed by atoms with Gasteiger partial charge in [0.2, 0.25) is 0 Å². The molecule has 1 saturated carbocycles. The minimum absolute atomic E-state index is 0.0162. The van der Waals surface area contributed by atoms with Crippen molar-refractivity contribution >= 4 is 5.97 Å². The van der Waals surface area contributed by atoms with Gasteiger partial charge in [-0.25, -0.2) is 0 Å². The Morgan fingerprint density at radius 2 is 2.47 bits per heavy atom. The average molecular weight is 210 g/mol. The lowest BCUT2D eigenvalue weighted by molar-refractivity contribution is -0.148. The molecule has 0 aromatic carbocycles. The van der Waals surface area contributed by atoms with Crippen LogP contribution in [0.25, 0.3) is 0 Å². The van der Waals surface area contributed by atoms with Crippen molar-refractivity contribution < 1.29 is 14.3 Å². The molecule has 0 aromatic heterocycles. The zero-order chi connectivity index (χ0) is 10.9. The maximum Gasteiger partial charge on any atom is 0.309 e. The van der Waals surface area contributed by atoms with Crippen LogP contribution in [-0.2, 0) is 14.3 Å². The lowest BCUT2D eigenvalue weighted by Gasteiger charge is -2.15. The molecule has 2 rings (SSSR count). The zero-order valence-corrected chi connectivity index (χ0v) is 9.20. The summed E-state index contributed by atoms with van der Waals surface area (Å²) < 4.78 is 10.7. The van der Waals surface area contributed by atoms with E-state index in [4.69, 9.17) is 9.47 Å². The summed E-state index contributed by atoms with van der Waals surface area (Å²) in [7, 11) is 0. The first-order valence-electron chi connectivity index (χ1n) is 5.61. The topological polar surface area (TPSA) is 38.8 Å². The van der Waals surface area contributed by atoms with Crippen molar-refractivity contribution in [1.82, 2.24) is 0 Å². The molecule has 0 bridgehead atoms. The number of epoxide rings is 1. The molecule has 0 aromatic rings. The summed E-state index contributed by atoms with van der Waals surface area (Å²) in [6, 6.07) is 0. The summed E-state index contributed by atoms with van der Waals surface area (Å²) in [5, 5.41) is 0. The van der Waals surface area contributed by atoms with Gasteiger partial charge in [0.1, 0.15) is 6.61 Å². The Morgan fingerprint density at radius 3 is 3.20 bits per heavy atom. The van der Waals surface area contributed by atoms with Gasteiger partial charge < -0.3 is 9.47 Å². The van der Waals surface area contributed by atoms with Gasteiger partial charge in [-0.05, 0) is 32.6 Å². The average Bonchev–Trinajstić information content (AvgIpc) is 2.85. The van der Waals surface area contributed by atoms with Crippen molar-refractivity contribution in [2.24, 2.45) is 5.92 Å². The molecular weight excluding hydrogens is 192 g/mol. The molecule has 1 heterocycles. The maximum atomic E-state index is 11.7. The van der Waals surface area contributed by atoms with Crippen molar-refractivity contribution in [3.8, 4) is 0 Å². The number of carbonyl (C=O) groups is 1. The Kier molecular flexibility index (Phi) is 2.83. The molecule has 15 heavy (non-hydrogen) atoms. The normalized spacial score (nSPS) is 38.7. The van der Waals surface area contributed by atoms with Crippen molar-refractivity contribution in [3.05, 3.63) is 12.7 Å². The van der Waals surface area contributed by atoms with Crippen molar-refractivity contribution in [2.75, 3.05) is 6.61 Å². The van der Waals surface area contributed by atoms with E-state index in [1.54, 1.807) is 6.08 Å². The molecule has 0 amide bonds. The monoisotopic (exact) mass is 210 g/mol. The van der Waals surface area contributed by atoms with E-state index >= 15 is 0 Å². The summed E-state index contributed by atoms with van der Waals surface area (Å²) in [5.74, 6) is -0.0743. The number of rotatable bonds is 3. The zero-order valence-electron chi connectivity index (χ0n) is 9.20. The van der Waals surface area contributed by atoms with E-state index in [-0.39, 0.29) is 17.5 Å². The van der Waals surface area contributed by atoms with E-state index < -0.39 is 0 Å². The Bertz CT molecular complexity index is 274. The molecule has 84 valence electrons. The predicted molar refractivity (Wildman–Crippen MR) is 56.4 cm³/mol. The molecule has 3 unspecified atom stereocenters. The first-order valence-corrected chi connectivity index (χ1v) is 5.61. The third-order valence-electron chi connectivity index (χ3n) is 3.38. The largest absolute Gasteiger partial charge is 0.461 e. The first kappa shape index (κ1) is 10.7. The smallest absolute Gasteiger partial charge is 0.309 e. The molecule has 1 aliphatic carbocycles. The third kappa shape index (κ3) is 2.23. The van der Waals surface area contributed by atoms with E-state index in [9.17, 15) is 4.79 Å². The van der Waals surface area contributed by atoms with Crippen LogP contribution in [0.2, 0.25) is 0 Å². The van der Waals surface area contributed by atoms with Crippen molar-refractivity contribution in [2.45, 2.75) is 44.3 Å². The fraction of sp³-hybridized carbons (Fsp3) is 0.750. The summed E-state index contributed by atoms with van der Waals surface area (Å²) in [6.07, 6.45) is 5.89. The molecule has 2 aliphatic rings. The highest BCUT2D eigenvalue weighted by Crippen LogP contribution is 2.47. The molecule has 3 nitrogen and oxygen atoms in total. The van der Waals surface area contributed by atoms with Crippen LogP contribution in [0.15, 0.2) is 12.7 Å². The van der Waals surface area contributed by atoms with Gasteiger partial charge in [-0.3, -0.25) is 4.79 Å². The van der Waals surface area contributed by atoms with E-state index in [0.29, 0.717) is 12.7 Å². The molecule has 3 heteroatoms. The van der Waals surface area contributed by atoms with Gasteiger partial charge in [0.25, 0.3) is 0 Å². The van der Waals surface area contributed by atoms with Gasteiger partial charge in [0.05, 0.1) is 17.6 Å². The molecule has 0 radical (unpaired) electrons. The van der Waals surface area contributed by atoms with Crippen LogP contribution in [0, 0.1) is 5.92 Å². The number of ether oxygens (including phenoxy) is 2. The minimum atomic E-state index is -0.0905. The SMILES string of the molecule is C=CCOC(=O)C1CCCC2OC2(C)C1. The van der Waals surface area contributed by atoms with Crippen molar-refractivity contribution in [1.29, 1.82) is 0 Å². The fourth-order valence-corrected chi connectivity index (χ4v) is 2.44.